The van der Waals surface area contributed by atoms with E-state index >= 15 is 0 Å². The van der Waals surface area contributed by atoms with E-state index in [1.54, 1.807) is 27.7 Å². The van der Waals surface area contributed by atoms with Crippen LogP contribution in [0.3, 0.4) is 0 Å². The molecule has 19 heavy (non-hydrogen) atoms. The molecule has 0 fully saturated rings. The Hall–Kier alpha value is -1.85. The number of nitrogens with one attached hydrogen (secondary N) is 1. The molecule has 0 saturated heterocycles. The summed E-state index contributed by atoms with van der Waals surface area (Å²) in [5.41, 5.74) is 1.51. The predicted octanol–water partition coefficient (Wildman–Crippen LogP) is 1.29. The molecule has 1 aromatic rings. The molecule has 1 aromatic heterocycles. The van der Waals surface area contributed by atoms with Crippen molar-refractivity contribution < 1.29 is 18.8 Å². The van der Waals surface area contributed by atoms with Crippen molar-refractivity contribution in [3.63, 3.8) is 0 Å². The van der Waals surface area contributed by atoms with Gasteiger partial charge in [-0.3, -0.25) is 9.59 Å². The number of aryl methyl sites for hydroxylation is 2. The van der Waals surface area contributed by atoms with E-state index in [2.05, 4.69) is 10.5 Å². The maximum absolute atomic E-state index is 11.7. The number of aromatic nitrogens is 1. The van der Waals surface area contributed by atoms with Crippen LogP contribution in [0.15, 0.2) is 4.52 Å². The van der Waals surface area contributed by atoms with E-state index in [1.165, 1.54) is 0 Å². The summed E-state index contributed by atoms with van der Waals surface area (Å²) in [6.07, 6.45) is 0.247. The third kappa shape index (κ3) is 5.11. The molecule has 6 nitrogen and oxygen atoms in total. The average Bonchev–Trinajstić information content (AvgIpc) is 2.59. The Bertz CT molecular complexity index is 432. The highest BCUT2D eigenvalue weighted by Crippen LogP contribution is 2.12. The number of ether oxygens (including phenoxy) is 1. The van der Waals surface area contributed by atoms with Crippen LogP contribution in [0.5, 0.6) is 0 Å². The van der Waals surface area contributed by atoms with Gasteiger partial charge in [0.25, 0.3) is 0 Å². The van der Waals surface area contributed by atoms with Gasteiger partial charge in [0, 0.05) is 12.1 Å². The van der Waals surface area contributed by atoms with Crippen LogP contribution in [-0.2, 0) is 20.7 Å². The smallest absolute Gasteiger partial charge is 0.307 e. The first-order chi connectivity index (χ1) is 8.90. The number of amides is 1. The Morgan fingerprint density at radius 1 is 1.37 bits per heavy atom. The highest BCUT2D eigenvalue weighted by Gasteiger charge is 2.13. The Kier molecular flexibility index (Phi) is 5.54. The van der Waals surface area contributed by atoms with Crippen molar-refractivity contribution in [2.75, 3.05) is 6.54 Å². The maximum Gasteiger partial charge on any atom is 0.307 e. The summed E-state index contributed by atoms with van der Waals surface area (Å²) in [6.45, 7) is 7.40. The monoisotopic (exact) mass is 268 g/mol. The summed E-state index contributed by atoms with van der Waals surface area (Å²) < 4.78 is 9.94. The van der Waals surface area contributed by atoms with E-state index in [4.69, 9.17) is 9.26 Å². The van der Waals surface area contributed by atoms with Crippen LogP contribution in [0.1, 0.15) is 37.3 Å². The second-order valence-corrected chi connectivity index (χ2v) is 4.62. The number of hydrogen-bond donors (Lipinski definition) is 1. The normalized spacial score (nSPS) is 10.6. The lowest BCUT2D eigenvalue weighted by Gasteiger charge is -2.08. The Morgan fingerprint density at radius 3 is 2.58 bits per heavy atom. The average molecular weight is 268 g/mol. The molecule has 0 radical (unpaired) electrons. The highest BCUT2D eigenvalue weighted by molar-refractivity contribution is 5.79. The molecule has 0 bridgehead atoms. The summed E-state index contributed by atoms with van der Waals surface area (Å²) in [5.74, 6) is 0.172. The molecule has 1 amide bonds. The van der Waals surface area contributed by atoms with Crippen molar-refractivity contribution in [2.24, 2.45) is 0 Å². The van der Waals surface area contributed by atoms with Crippen LogP contribution in [0.25, 0.3) is 0 Å². The molecule has 1 N–H and O–H groups in total. The van der Waals surface area contributed by atoms with Crippen LogP contribution in [0.4, 0.5) is 0 Å². The lowest BCUT2D eigenvalue weighted by atomic mass is 10.1. The number of hydrogen-bond acceptors (Lipinski definition) is 5. The van der Waals surface area contributed by atoms with Crippen molar-refractivity contribution in [3.8, 4) is 0 Å². The molecular weight excluding hydrogens is 248 g/mol. The van der Waals surface area contributed by atoms with Gasteiger partial charge in [-0.2, -0.15) is 0 Å². The van der Waals surface area contributed by atoms with Crippen LogP contribution < -0.4 is 5.32 Å². The second-order valence-electron chi connectivity index (χ2n) is 4.62. The number of carbonyl (C=O) groups is 2. The van der Waals surface area contributed by atoms with Gasteiger partial charge in [0.2, 0.25) is 5.91 Å². The zero-order valence-corrected chi connectivity index (χ0v) is 11.8. The minimum atomic E-state index is -0.312. The van der Waals surface area contributed by atoms with Crippen molar-refractivity contribution >= 4 is 11.9 Å². The molecule has 0 unspecified atom stereocenters. The van der Waals surface area contributed by atoms with Crippen molar-refractivity contribution in [2.45, 2.75) is 46.6 Å². The van der Waals surface area contributed by atoms with E-state index in [0.717, 1.165) is 5.56 Å². The van der Waals surface area contributed by atoms with Gasteiger partial charge < -0.3 is 14.6 Å². The minimum absolute atomic E-state index is 0.134. The summed E-state index contributed by atoms with van der Waals surface area (Å²) in [7, 11) is 0. The van der Waals surface area contributed by atoms with E-state index in [1.807, 2.05) is 0 Å². The van der Waals surface area contributed by atoms with Crippen LogP contribution in [-0.4, -0.2) is 29.7 Å². The topological polar surface area (TPSA) is 81.4 Å². The fourth-order valence-electron chi connectivity index (χ4n) is 1.60. The molecule has 106 valence electrons. The molecule has 0 atom stereocenters. The fraction of sp³-hybridized carbons (Fsp3) is 0.615. The minimum Gasteiger partial charge on any atom is -0.463 e. The van der Waals surface area contributed by atoms with E-state index in [9.17, 15) is 9.59 Å². The lowest BCUT2D eigenvalue weighted by molar-refractivity contribution is -0.147. The van der Waals surface area contributed by atoms with Crippen LogP contribution >= 0.6 is 0 Å². The van der Waals surface area contributed by atoms with Crippen LogP contribution in [0, 0.1) is 13.8 Å². The molecule has 1 rings (SSSR count). The van der Waals surface area contributed by atoms with E-state index < -0.39 is 0 Å². The number of rotatable bonds is 6. The Labute approximate surface area is 112 Å². The first kappa shape index (κ1) is 15.2. The number of nitrogens with zero attached hydrogens (tertiary/aromatic N) is 1. The molecule has 0 aliphatic heterocycles. The number of esters is 1. The Balaban J connectivity index is 2.31. The van der Waals surface area contributed by atoms with Gasteiger partial charge in [0.1, 0.15) is 5.76 Å². The maximum atomic E-state index is 11.7. The van der Waals surface area contributed by atoms with E-state index in [0.29, 0.717) is 11.5 Å². The van der Waals surface area contributed by atoms with Gasteiger partial charge in [0.15, 0.2) is 0 Å². The zero-order chi connectivity index (χ0) is 14.4. The quantitative estimate of drug-likeness (QED) is 0.786. The van der Waals surface area contributed by atoms with Gasteiger partial charge in [-0.1, -0.05) is 5.16 Å². The molecule has 0 saturated carbocycles. The molecule has 6 heteroatoms. The summed E-state index contributed by atoms with van der Waals surface area (Å²) in [5, 5.41) is 6.45. The molecular formula is C13H20N2O4. The summed E-state index contributed by atoms with van der Waals surface area (Å²) in [4.78, 5) is 22.9. The predicted molar refractivity (Wildman–Crippen MR) is 68.5 cm³/mol. The molecule has 0 spiro atoms. The zero-order valence-electron chi connectivity index (χ0n) is 11.8. The third-order valence-corrected chi connectivity index (χ3v) is 2.54. The van der Waals surface area contributed by atoms with Gasteiger partial charge in [0.05, 0.1) is 24.6 Å². The number of carbonyl (C=O) groups excluding carboxylic acids is 2. The van der Waals surface area contributed by atoms with Gasteiger partial charge in [-0.15, -0.1) is 0 Å². The first-order valence-corrected chi connectivity index (χ1v) is 6.28. The first-order valence-electron chi connectivity index (χ1n) is 6.28. The molecule has 0 aromatic carbocycles. The standard InChI is InChI=1S/C13H20N2O4/c1-8(2)18-13(17)5-6-14-12(16)7-11-9(3)15-19-10(11)4/h8H,5-7H2,1-4H3,(H,14,16). The van der Waals surface area contributed by atoms with Crippen molar-refractivity contribution in [3.05, 3.63) is 17.0 Å². The van der Waals surface area contributed by atoms with Gasteiger partial charge in [-0.05, 0) is 27.7 Å². The largest absolute Gasteiger partial charge is 0.463 e. The molecule has 0 aliphatic carbocycles. The fourth-order valence-corrected chi connectivity index (χ4v) is 1.60. The summed E-state index contributed by atoms with van der Waals surface area (Å²) >= 11 is 0. The van der Waals surface area contributed by atoms with Gasteiger partial charge in [-0.25, -0.2) is 0 Å². The third-order valence-electron chi connectivity index (χ3n) is 2.54. The lowest BCUT2D eigenvalue weighted by Crippen LogP contribution is -2.28. The van der Waals surface area contributed by atoms with Gasteiger partial charge >= 0.3 is 5.97 Å². The highest BCUT2D eigenvalue weighted by atomic mass is 16.5. The molecule has 0 aliphatic rings. The molecule has 1 heterocycles. The SMILES string of the molecule is Cc1noc(C)c1CC(=O)NCCC(=O)OC(C)C. The van der Waals surface area contributed by atoms with Crippen LogP contribution in [0.2, 0.25) is 0 Å². The Morgan fingerprint density at radius 2 is 2.05 bits per heavy atom. The van der Waals surface area contributed by atoms with Crippen molar-refractivity contribution in [1.82, 2.24) is 10.5 Å². The summed E-state index contributed by atoms with van der Waals surface area (Å²) in [6, 6.07) is 0. The van der Waals surface area contributed by atoms with E-state index in [-0.39, 0.29) is 37.4 Å². The van der Waals surface area contributed by atoms with Crippen molar-refractivity contribution in [1.29, 1.82) is 0 Å². The second kappa shape index (κ2) is 6.92.